The van der Waals surface area contributed by atoms with Crippen LogP contribution >= 0.6 is 0 Å². The molecule has 0 bridgehead atoms. The molecule has 0 atom stereocenters. The molecule has 0 spiro atoms. The summed E-state index contributed by atoms with van der Waals surface area (Å²) in [5, 5.41) is 7.93. The van der Waals surface area contributed by atoms with Crippen molar-refractivity contribution in [3.63, 3.8) is 0 Å². The predicted molar refractivity (Wildman–Crippen MR) is 130 cm³/mol. The Labute approximate surface area is 211 Å². The minimum absolute atomic E-state index is 0.0446. The second kappa shape index (κ2) is 9.91. The second-order valence-corrected chi connectivity index (χ2v) is 9.78. The minimum atomic E-state index is -4.66. The largest absolute Gasteiger partial charge is 0.494 e. The van der Waals surface area contributed by atoms with Gasteiger partial charge in [0.15, 0.2) is 0 Å². The number of likely N-dealkylation sites (tertiary alicyclic amines) is 1. The summed E-state index contributed by atoms with van der Waals surface area (Å²) in [5.41, 5.74) is -1.16. The van der Waals surface area contributed by atoms with Gasteiger partial charge < -0.3 is 19.7 Å². The number of benzene rings is 1. The zero-order valence-electron chi connectivity index (χ0n) is 20.9. The number of hydrogen-bond acceptors (Lipinski definition) is 6. The van der Waals surface area contributed by atoms with Crippen LogP contribution in [0.25, 0.3) is 10.9 Å². The topological polar surface area (TPSA) is 98.6 Å². The van der Waals surface area contributed by atoms with Crippen LogP contribution in [0.4, 0.5) is 23.7 Å². The van der Waals surface area contributed by atoms with Crippen LogP contribution in [0.1, 0.15) is 55.8 Å². The molecule has 2 amide bonds. The molecule has 3 aromatic rings. The van der Waals surface area contributed by atoms with Crippen LogP contribution in [-0.4, -0.2) is 57.5 Å². The van der Waals surface area contributed by atoms with E-state index >= 15 is 0 Å². The third-order valence-corrected chi connectivity index (χ3v) is 5.83. The van der Waals surface area contributed by atoms with Crippen molar-refractivity contribution >= 4 is 28.6 Å². The monoisotopic (exact) mass is 519 g/mol. The van der Waals surface area contributed by atoms with E-state index in [1.807, 2.05) is 31.6 Å². The Kier molecular flexibility index (Phi) is 7.03. The van der Waals surface area contributed by atoms with Crippen LogP contribution in [0.3, 0.4) is 0 Å². The fourth-order valence-electron chi connectivity index (χ4n) is 4.09. The van der Waals surface area contributed by atoms with Gasteiger partial charge >= 0.3 is 12.3 Å². The molecule has 1 aliphatic rings. The first kappa shape index (κ1) is 26.2. The summed E-state index contributed by atoms with van der Waals surface area (Å²) in [5.74, 6) is -0.385. The fraction of sp³-hybridized carbons (Fsp3) is 0.440. The number of carbonyl (C=O) groups is 2. The van der Waals surface area contributed by atoms with Gasteiger partial charge in [-0.2, -0.15) is 18.3 Å². The lowest BCUT2D eigenvalue weighted by atomic mass is 10.1. The highest BCUT2D eigenvalue weighted by atomic mass is 19.4. The van der Waals surface area contributed by atoms with Gasteiger partial charge in [0.25, 0.3) is 5.91 Å². The normalized spacial score (nSPS) is 15.1. The Bertz CT molecular complexity index is 1310. The van der Waals surface area contributed by atoms with Crippen LogP contribution in [0, 0.1) is 0 Å². The molecule has 1 saturated heterocycles. The summed E-state index contributed by atoms with van der Waals surface area (Å²) in [7, 11) is 1.47. The maximum absolute atomic E-state index is 13.0. The van der Waals surface area contributed by atoms with Crippen LogP contribution < -0.4 is 10.1 Å². The molecule has 1 fully saturated rings. The zero-order valence-corrected chi connectivity index (χ0v) is 20.9. The van der Waals surface area contributed by atoms with Crippen molar-refractivity contribution in [2.45, 2.75) is 51.4 Å². The lowest BCUT2D eigenvalue weighted by Gasteiger charge is -2.33. The van der Waals surface area contributed by atoms with E-state index in [1.165, 1.54) is 13.2 Å². The average Bonchev–Trinajstić information content (AvgIpc) is 3.26. The number of methoxy groups -OCH3 is 1. The smallest absolute Gasteiger partial charge is 0.433 e. The maximum atomic E-state index is 13.0. The van der Waals surface area contributed by atoms with Gasteiger partial charge in [-0.25, -0.2) is 9.78 Å². The van der Waals surface area contributed by atoms with Gasteiger partial charge in [-0.1, -0.05) is 6.07 Å². The Morgan fingerprint density at radius 3 is 2.43 bits per heavy atom. The SMILES string of the molecule is COc1cc(NC(=O)c2cccc(C(F)(F)F)n2)cc2cn(C3CCN(C(=O)OC(C)(C)C)CC3)nc12. The first-order chi connectivity index (χ1) is 17.3. The van der Waals surface area contributed by atoms with Crippen molar-refractivity contribution in [3.8, 4) is 5.75 Å². The molecule has 9 nitrogen and oxygen atoms in total. The predicted octanol–water partition coefficient (Wildman–Crippen LogP) is 5.28. The zero-order chi connectivity index (χ0) is 27.0. The van der Waals surface area contributed by atoms with Gasteiger partial charge in [-0.3, -0.25) is 9.48 Å². The van der Waals surface area contributed by atoms with Gasteiger partial charge in [-0.05, 0) is 51.8 Å². The number of ether oxygens (including phenoxy) is 2. The van der Waals surface area contributed by atoms with Gasteiger partial charge in [0.2, 0.25) is 0 Å². The average molecular weight is 520 g/mol. The number of nitrogens with zero attached hydrogens (tertiary/aromatic N) is 4. The number of piperidine rings is 1. The molecular formula is C25H28F3N5O4. The van der Waals surface area contributed by atoms with E-state index in [-0.39, 0.29) is 17.8 Å². The van der Waals surface area contributed by atoms with E-state index in [4.69, 9.17) is 9.47 Å². The van der Waals surface area contributed by atoms with E-state index in [0.717, 1.165) is 12.1 Å². The number of nitrogens with one attached hydrogen (secondary N) is 1. The van der Waals surface area contributed by atoms with Crippen LogP contribution in [0.5, 0.6) is 5.75 Å². The summed E-state index contributed by atoms with van der Waals surface area (Å²) in [6, 6.07) is 6.41. The molecule has 198 valence electrons. The number of alkyl halides is 3. The molecule has 1 aromatic carbocycles. The van der Waals surface area contributed by atoms with Crippen molar-refractivity contribution in [1.82, 2.24) is 19.7 Å². The molecule has 2 aromatic heterocycles. The molecule has 3 heterocycles. The summed E-state index contributed by atoms with van der Waals surface area (Å²) < 4.78 is 51.6. The second-order valence-electron chi connectivity index (χ2n) is 9.78. The van der Waals surface area contributed by atoms with Crippen molar-refractivity contribution in [1.29, 1.82) is 0 Å². The molecule has 0 unspecified atom stereocenters. The van der Waals surface area contributed by atoms with E-state index < -0.39 is 23.4 Å². The fourth-order valence-corrected chi connectivity index (χ4v) is 4.09. The third-order valence-electron chi connectivity index (χ3n) is 5.83. The summed E-state index contributed by atoms with van der Waals surface area (Å²) >= 11 is 0. The lowest BCUT2D eigenvalue weighted by Crippen LogP contribution is -2.42. The minimum Gasteiger partial charge on any atom is -0.494 e. The van der Waals surface area contributed by atoms with Gasteiger partial charge in [0.1, 0.15) is 28.3 Å². The molecule has 0 radical (unpaired) electrons. The third kappa shape index (κ3) is 6.12. The summed E-state index contributed by atoms with van der Waals surface area (Å²) in [4.78, 5) is 30.1. The Morgan fingerprint density at radius 1 is 1.11 bits per heavy atom. The number of amides is 2. The first-order valence-electron chi connectivity index (χ1n) is 11.7. The lowest BCUT2D eigenvalue weighted by molar-refractivity contribution is -0.141. The standard InChI is InChI=1S/C25H28F3N5O4/c1-24(2,3)37-23(35)32-10-8-17(9-11-32)33-14-15-12-16(13-19(36-4)21(15)31-33)29-22(34)18-6-5-7-20(30-18)25(26,27)28/h5-7,12-14,17H,8-11H2,1-4H3,(H,29,34). The Balaban J connectivity index is 1.50. The van der Waals surface area contributed by atoms with Gasteiger partial charge in [-0.15, -0.1) is 0 Å². The molecule has 0 saturated carbocycles. The molecule has 1 N–H and O–H groups in total. The van der Waals surface area contributed by atoms with Gasteiger partial charge in [0.05, 0.1) is 13.2 Å². The van der Waals surface area contributed by atoms with Crippen LogP contribution in [-0.2, 0) is 10.9 Å². The number of aromatic nitrogens is 3. The molecule has 4 rings (SSSR count). The highest BCUT2D eigenvalue weighted by Gasteiger charge is 2.33. The molecule has 1 aliphatic heterocycles. The van der Waals surface area contributed by atoms with Crippen LogP contribution in [0.15, 0.2) is 36.5 Å². The quantitative estimate of drug-likeness (QED) is 0.504. The number of fused-ring (bicyclic) bond motifs is 1. The van der Waals surface area contributed by atoms with E-state index in [2.05, 4.69) is 15.4 Å². The number of pyridine rings is 1. The van der Waals surface area contributed by atoms with Crippen molar-refractivity contribution in [2.75, 3.05) is 25.5 Å². The Morgan fingerprint density at radius 2 is 1.81 bits per heavy atom. The van der Waals surface area contributed by atoms with Gasteiger partial charge in [0, 0.05) is 36.4 Å². The Hall–Kier alpha value is -3.83. The van der Waals surface area contributed by atoms with E-state index in [0.29, 0.717) is 48.3 Å². The van der Waals surface area contributed by atoms with Crippen molar-refractivity contribution < 1.29 is 32.2 Å². The highest BCUT2D eigenvalue weighted by Crippen LogP contribution is 2.32. The number of rotatable bonds is 4. The van der Waals surface area contributed by atoms with Crippen molar-refractivity contribution in [3.05, 3.63) is 47.9 Å². The molecular weight excluding hydrogens is 491 g/mol. The van der Waals surface area contributed by atoms with E-state index in [1.54, 1.807) is 17.0 Å². The first-order valence-corrected chi connectivity index (χ1v) is 11.7. The van der Waals surface area contributed by atoms with Crippen molar-refractivity contribution in [2.24, 2.45) is 0 Å². The number of halogens is 3. The van der Waals surface area contributed by atoms with Crippen LogP contribution in [0.2, 0.25) is 0 Å². The maximum Gasteiger partial charge on any atom is 0.433 e. The number of carbonyl (C=O) groups excluding carboxylic acids is 2. The van der Waals surface area contributed by atoms with E-state index in [9.17, 15) is 22.8 Å². The molecule has 0 aliphatic carbocycles. The summed E-state index contributed by atoms with van der Waals surface area (Å²) in [6.07, 6.45) is -1.81. The molecule has 12 heteroatoms. The molecule has 37 heavy (non-hydrogen) atoms. The number of hydrogen-bond donors (Lipinski definition) is 1. The summed E-state index contributed by atoms with van der Waals surface area (Å²) in [6.45, 7) is 6.53. The highest BCUT2D eigenvalue weighted by molar-refractivity contribution is 6.04. The number of anilines is 1.